The number of nitrogens with two attached hydrogens (primary N) is 1. The number of amides is 2. The van der Waals surface area contributed by atoms with E-state index in [0.717, 1.165) is 27.8 Å². The number of benzene rings is 2. The van der Waals surface area contributed by atoms with Crippen molar-refractivity contribution in [2.75, 3.05) is 24.5 Å². The average molecular weight is 347 g/mol. The van der Waals surface area contributed by atoms with Crippen LogP contribution in [0.1, 0.15) is 6.92 Å². The van der Waals surface area contributed by atoms with Gasteiger partial charge in [-0.3, -0.25) is 0 Å². The number of aromatic nitrogens is 2. The van der Waals surface area contributed by atoms with Crippen molar-refractivity contribution in [2.45, 2.75) is 13.0 Å². The molecule has 0 aliphatic carbocycles. The van der Waals surface area contributed by atoms with Crippen LogP contribution in [0.5, 0.6) is 0 Å². The summed E-state index contributed by atoms with van der Waals surface area (Å²) in [5, 5.41) is 11.3. The highest BCUT2D eigenvalue weighted by Gasteiger charge is 2.28. The summed E-state index contributed by atoms with van der Waals surface area (Å²) in [6.45, 7) is 3.95. The van der Waals surface area contributed by atoms with E-state index in [4.69, 9.17) is 5.73 Å². The van der Waals surface area contributed by atoms with Gasteiger partial charge in [0.05, 0.1) is 0 Å². The quantitative estimate of drug-likeness (QED) is 0.773. The summed E-state index contributed by atoms with van der Waals surface area (Å²) in [7, 11) is 0. The molecular formula is C20H21N5O. The molecule has 6 heteroatoms. The number of hydrogen-bond donors (Lipinski definition) is 1. The number of nitrogens with zero attached hydrogens (tertiary/aromatic N) is 4. The topological polar surface area (TPSA) is 75.3 Å². The zero-order valence-electron chi connectivity index (χ0n) is 14.7. The van der Waals surface area contributed by atoms with E-state index in [0.29, 0.717) is 19.6 Å². The molecule has 0 bridgehead atoms. The van der Waals surface area contributed by atoms with Gasteiger partial charge in [0, 0.05) is 42.0 Å². The summed E-state index contributed by atoms with van der Waals surface area (Å²) < 4.78 is 0. The zero-order valence-corrected chi connectivity index (χ0v) is 14.7. The van der Waals surface area contributed by atoms with Crippen molar-refractivity contribution in [1.82, 2.24) is 15.1 Å². The lowest BCUT2D eigenvalue weighted by atomic mass is 10.0. The second-order valence-electron chi connectivity index (χ2n) is 6.61. The molecule has 3 aromatic rings. The van der Waals surface area contributed by atoms with Crippen molar-refractivity contribution in [3.8, 4) is 11.3 Å². The highest BCUT2D eigenvalue weighted by atomic mass is 16.2. The molecule has 0 radical (unpaired) electrons. The maximum Gasteiger partial charge on any atom is 0.314 e. The Bertz CT molecular complexity index is 943. The summed E-state index contributed by atoms with van der Waals surface area (Å²) in [5.74, 6) is 0.858. The van der Waals surface area contributed by atoms with Gasteiger partial charge in [0.25, 0.3) is 0 Å². The molecule has 1 saturated heterocycles. The molecule has 2 aromatic carbocycles. The van der Waals surface area contributed by atoms with Gasteiger partial charge in [-0.15, -0.1) is 10.2 Å². The van der Waals surface area contributed by atoms with Gasteiger partial charge in [-0.25, -0.2) is 4.79 Å². The first-order valence-corrected chi connectivity index (χ1v) is 8.77. The predicted molar refractivity (Wildman–Crippen MR) is 103 cm³/mol. The molecule has 1 atom stereocenters. The molecule has 132 valence electrons. The summed E-state index contributed by atoms with van der Waals surface area (Å²) in [5.41, 5.74) is 7.36. The molecule has 1 aromatic heterocycles. The average Bonchev–Trinajstić information content (AvgIpc) is 2.68. The fourth-order valence-corrected chi connectivity index (χ4v) is 3.58. The van der Waals surface area contributed by atoms with E-state index in [-0.39, 0.29) is 12.1 Å². The zero-order chi connectivity index (χ0) is 18.1. The van der Waals surface area contributed by atoms with Crippen molar-refractivity contribution in [2.24, 2.45) is 5.73 Å². The summed E-state index contributed by atoms with van der Waals surface area (Å²) in [6.07, 6.45) is 0. The van der Waals surface area contributed by atoms with Crippen LogP contribution in [0.3, 0.4) is 0 Å². The molecule has 0 saturated carbocycles. The van der Waals surface area contributed by atoms with Crippen LogP contribution in [0.25, 0.3) is 22.0 Å². The number of rotatable bonds is 2. The van der Waals surface area contributed by atoms with Gasteiger partial charge in [-0.1, -0.05) is 54.6 Å². The highest BCUT2D eigenvalue weighted by Crippen LogP contribution is 2.32. The van der Waals surface area contributed by atoms with Crippen LogP contribution in [0.2, 0.25) is 0 Å². The van der Waals surface area contributed by atoms with Crippen molar-refractivity contribution >= 4 is 22.6 Å². The third-order valence-corrected chi connectivity index (χ3v) is 4.93. The van der Waals surface area contributed by atoms with E-state index in [9.17, 15) is 4.79 Å². The first kappa shape index (κ1) is 16.3. The van der Waals surface area contributed by atoms with Crippen LogP contribution in [-0.2, 0) is 0 Å². The molecule has 1 aliphatic rings. The van der Waals surface area contributed by atoms with Gasteiger partial charge in [-0.2, -0.15) is 0 Å². The third kappa shape index (κ3) is 2.83. The van der Waals surface area contributed by atoms with Gasteiger partial charge < -0.3 is 15.5 Å². The third-order valence-electron chi connectivity index (χ3n) is 4.93. The first-order chi connectivity index (χ1) is 12.6. The van der Waals surface area contributed by atoms with Crippen LogP contribution < -0.4 is 10.6 Å². The monoisotopic (exact) mass is 347 g/mol. The molecule has 2 heterocycles. The Kier molecular flexibility index (Phi) is 4.16. The Morgan fingerprint density at radius 1 is 1.00 bits per heavy atom. The molecule has 4 rings (SSSR count). The molecular weight excluding hydrogens is 326 g/mol. The maximum absolute atomic E-state index is 11.5. The van der Waals surface area contributed by atoms with E-state index >= 15 is 0 Å². The smallest absolute Gasteiger partial charge is 0.314 e. The minimum Gasteiger partial charge on any atom is -0.351 e. The van der Waals surface area contributed by atoms with Crippen molar-refractivity contribution in [3.05, 3.63) is 54.6 Å². The summed E-state index contributed by atoms with van der Waals surface area (Å²) in [6, 6.07) is 18.1. The molecule has 26 heavy (non-hydrogen) atoms. The second kappa shape index (κ2) is 6.63. The normalized spacial score (nSPS) is 17.5. The lowest BCUT2D eigenvalue weighted by molar-refractivity contribution is 0.196. The Balaban J connectivity index is 1.77. The number of carbonyl (C=O) groups is 1. The van der Waals surface area contributed by atoms with E-state index in [1.807, 2.05) is 42.5 Å². The van der Waals surface area contributed by atoms with Crippen molar-refractivity contribution < 1.29 is 4.79 Å². The number of hydrogen-bond acceptors (Lipinski definition) is 4. The van der Waals surface area contributed by atoms with Crippen molar-refractivity contribution in [1.29, 1.82) is 0 Å². The second-order valence-corrected chi connectivity index (χ2v) is 6.61. The Labute approximate surface area is 152 Å². The van der Waals surface area contributed by atoms with E-state index in [1.54, 1.807) is 4.90 Å². The first-order valence-electron chi connectivity index (χ1n) is 8.77. The molecule has 2 N–H and O–H groups in total. The minimum atomic E-state index is -0.369. The largest absolute Gasteiger partial charge is 0.351 e. The van der Waals surface area contributed by atoms with Gasteiger partial charge in [0.1, 0.15) is 5.69 Å². The lowest BCUT2D eigenvalue weighted by Crippen LogP contribution is -2.55. The van der Waals surface area contributed by atoms with E-state index < -0.39 is 0 Å². The van der Waals surface area contributed by atoms with Crippen LogP contribution in [-0.4, -0.2) is 46.8 Å². The molecule has 2 amide bonds. The van der Waals surface area contributed by atoms with E-state index in [1.165, 1.54) is 0 Å². The Hall–Kier alpha value is -3.15. The van der Waals surface area contributed by atoms with E-state index in [2.05, 4.69) is 34.2 Å². The van der Waals surface area contributed by atoms with Crippen LogP contribution in [0, 0.1) is 0 Å². The SMILES string of the molecule is CC1CN(C(N)=O)CCN1c1nnc(-c2ccccc2)c2ccccc12. The highest BCUT2D eigenvalue weighted by molar-refractivity contribution is 6.00. The van der Waals surface area contributed by atoms with Gasteiger partial charge in [-0.05, 0) is 6.92 Å². The number of fused-ring (bicyclic) bond motifs is 1. The molecule has 0 spiro atoms. The van der Waals surface area contributed by atoms with Crippen LogP contribution >= 0.6 is 0 Å². The fourth-order valence-electron chi connectivity index (χ4n) is 3.58. The molecule has 6 nitrogen and oxygen atoms in total. The van der Waals surface area contributed by atoms with Crippen LogP contribution in [0.4, 0.5) is 10.6 Å². The maximum atomic E-state index is 11.5. The number of primary amides is 1. The standard InChI is InChI=1S/C20H21N5O/c1-14-13-24(20(21)26)11-12-25(14)19-17-10-6-5-9-16(17)18(22-23-19)15-7-3-2-4-8-15/h2-10,14H,11-13H2,1H3,(H2,21,26). The van der Waals surface area contributed by atoms with Crippen molar-refractivity contribution in [3.63, 3.8) is 0 Å². The van der Waals surface area contributed by atoms with Gasteiger partial charge in [0.2, 0.25) is 0 Å². The summed E-state index contributed by atoms with van der Waals surface area (Å²) in [4.78, 5) is 15.3. The van der Waals surface area contributed by atoms with Crippen LogP contribution in [0.15, 0.2) is 54.6 Å². The minimum absolute atomic E-state index is 0.122. The summed E-state index contributed by atoms with van der Waals surface area (Å²) >= 11 is 0. The molecule has 1 aliphatic heterocycles. The van der Waals surface area contributed by atoms with Gasteiger partial charge >= 0.3 is 6.03 Å². The number of urea groups is 1. The fraction of sp³-hybridized carbons (Fsp3) is 0.250. The Morgan fingerprint density at radius 2 is 1.69 bits per heavy atom. The number of carbonyl (C=O) groups excluding carboxylic acids is 1. The molecule has 1 unspecified atom stereocenters. The van der Waals surface area contributed by atoms with Gasteiger partial charge in [0.15, 0.2) is 5.82 Å². The lowest BCUT2D eigenvalue weighted by Gasteiger charge is -2.40. The predicted octanol–water partition coefficient (Wildman–Crippen LogP) is 2.89. The number of piperazine rings is 1. The Morgan fingerprint density at radius 3 is 2.38 bits per heavy atom. The number of anilines is 1. The molecule has 1 fully saturated rings.